The fourth-order valence-electron chi connectivity index (χ4n) is 0. The molecule has 0 heterocycles. The summed E-state index contributed by atoms with van der Waals surface area (Å²) in [7, 11) is 0. The average Bonchev–Trinajstić information content (AvgIpc) is 0.811. The molecule has 0 atom stereocenters. The van der Waals surface area contributed by atoms with Crippen LogP contribution in [0, 0.1) is 0 Å². The van der Waals surface area contributed by atoms with Crippen molar-refractivity contribution in [3.05, 3.63) is 0 Å². The van der Waals surface area contributed by atoms with Crippen LogP contribution in [0.1, 0.15) is 0 Å². The van der Waals surface area contributed by atoms with Crippen LogP contribution >= 0.6 is 0 Å². The van der Waals surface area contributed by atoms with E-state index in [1.807, 2.05) is 0 Å². The zero-order valence-electron chi connectivity index (χ0n) is 4.28. The Morgan fingerprint density at radius 3 is 1.40 bits per heavy atom. The van der Waals surface area contributed by atoms with Gasteiger partial charge in [-0.15, -0.1) is 0 Å². The predicted molar refractivity (Wildman–Crippen MR) is 29.7 cm³/mol. The Hall–Kier alpha value is 1.18. The molecular formula is C2H10NNaSi. The van der Waals surface area contributed by atoms with E-state index in [4.69, 9.17) is 0 Å². The summed E-state index contributed by atoms with van der Waals surface area (Å²) in [6.07, 6.45) is 0. The molecule has 0 aromatic carbocycles. The molecule has 0 radical (unpaired) electrons. The van der Waals surface area contributed by atoms with Gasteiger partial charge in [0, 0.05) is 0 Å². The fourth-order valence-corrected chi connectivity index (χ4v) is 0. The van der Waals surface area contributed by atoms with Crippen molar-refractivity contribution in [2.24, 2.45) is 0 Å². The van der Waals surface area contributed by atoms with Gasteiger partial charge in [0.2, 0.25) is 0 Å². The molecule has 0 fully saturated rings. The maximum absolute atomic E-state index is 2.37. The van der Waals surface area contributed by atoms with Crippen LogP contribution in [0.2, 0.25) is 13.1 Å². The Morgan fingerprint density at radius 2 is 1.40 bits per heavy atom. The van der Waals surface area contributed by atoms with Gasteiger partial charge < -0.3 is 6.15 Å². The van der Waals surface area contributed by atoms with Gasteiger partial charge in [-0.25, -0.2) is 0 Å². The summed E-state index contributed by atoms with van der Waals surface area (Å²) in [6.45, 7) is 4.73. The molecule has 0 spiro atoms. The van der Waals surface area contributed by atoms with Gasteiger partial charge in [0.25, 0.3) is 0 Å². The van der Waals surface area contributed by atoms with Gasteiger partial charge in [-0.1, -0.05) is 0 Å². The van der Waals surface area contributed by atoms with Gasteiger partial charge in [-0.05, 0) is 0 Å². The maximum atomic E-state index is 2.37. The van der Waals surface area contributed by atoms with E-state index in [9.17, 15) is 0 Å². The topological polar surface area (TPSA) is 35.0 Å². The fraction of sp³-hybridized carbons (Fsp3) is 1.00. The van der Waals surface area contributed by atoms with Crippen molar-refractivity contribution in [3.63, 3.8) is 0 Å². The van der Waals surface area contributed by atoms with Gasteiger partial charge in [0.15, 0.2) is 0 Å². The molecule has 0 aromatic heterocycles. The first-order valence-corrected chi connectivity index (χ1v) is 8.66. The molecule has 1 nitrogen and oxygen atoms in total. The third-order valence-electron chi connectivity index (χ3n) is 0. The number of hydrogen-bond donors (Lipinski definition) is 1. The second kappa shape index (κ2) is 5.18. The van der Waals surface area contributed by atoms with E-state index in [0.717, 1.165) is 0 Å². The smallest absolute Gasteiger partial charge is 0.344 e. The molecule has 5 heavy (non-hydrogen) atoms. The van der Waals surface area contributed by atoms with Crippen LogP contribution in [-0.4, -0.2) is 32.4 Å². The zero-order valence-corrected chi connectivity index (χ0v) is 7.44. The van der Waals surface area contributed by atoms with Crippen LogP contribution in [0.25, 0.3) is 0 Å². The molecule has 0 saturated carbocycles. The molecule has 0 saturated heterocycles. The van der Waals surface area contributed by atoms with E-state index in [2.05, 4.69) is 13.1 Å². The summed E-state index contributed by atoms with van der Waals surface area (Å²) in [5.41, 5.74) is 0. The Labute approximate surface area is 51.5 Å². The van der Waals surface area contributed by atoms with Crippen molar-refractivity contribution in [2.75, 3.05) is 0 Å². The third-order valence-corrected chi connectivity index (χ3v) is 0. The molecule has 0 aliphatic heterocycles. The van der Waals surface area contributed by atoms with E-state index in [-0.39, 0.29) is 11.5 Å². The Kier molecular flexibility index (Phi) is 9.82. The zero-order chi connectivity index (χ0) is 3.58. The van der Waals surface area contributed by atoms with E-state index in [1.54, 1.807) is 0 Å². The molecular weight excluding hydrogens is 89.1 g/mol. The second-order valence-electron chi connectivity index (χ2n) is 1.73. The van der Waals surface area contributed by atoms with E-state index >= 15 is 0 Å². The standard InChI is InChI=1S/C2H7Si.H3N.Na/c1-3-2;;/h3H,1-2H3;1H3;. The Bertz CT molecular complexity index is 14.4. The average molecular weight is 99.2 g/mol. The van der Waals surface area contributed by atoms with Crippen LogP contribution in [0.15, 0.2) is 0 Å². The second-order valence-corrected chi connectivity index (χ2v) is 12.1. The van der Waals surface area contributed by atoms with E-state index in [1.165, 1.54) is 27.0 Å². The summed E-state index contributed by atoms with van der Waals surface area (Å²) in [4.78, 5) is 0. The van der Waals surface area contributed by atoms with Gasteiger partial charge in [0.1, 0.15) is 0 Å². The normalized spacial score (nSPS) is 7.40. The predicted octanol–water partition coefficient (Wildman–Crippen LogP) is 0.300. The largest absolute Gasteiger partial charge is 0.344 e. The quantitative estimate of drug-likeness (QED) is 0.435. The maximum Gasteiger partial charge on any atom is -0.344 e. The van der Waals surface area contributed by atoms with Gasteiger partial charge in [0.05, 0.1) is 0 Å². The summed E-state index contributed by atoms with van der Waals surface area (Å²) in [5.74, 6) is 0. The minimum Gasteiger partial charge on any atom is -0.344 e. The molecule has 0 amide bonds. The monoisotopic (exact) mass is 99.0 g/mol. The molecule has 0 bridgehead atoms. The van der Waals surface area contributed by atoms with Crippen molar-refractivity contribution in [1.29, 1.82) is 0 Å². The van der Waals surface area contributed by atoms with Crippen LogP contribution in [0.3, 0.4) is 0 Å². The molecule has 0 unspecified atom stereocenters. The van der Waals surface area contributed by atoms with Crippen molar-refractivity contribution >= 4 is 32.4 Å². The van der Waals surface area contributed by atoms with Crippen LogP contribution in [-0.2, 0) is 0 Å². The molecule has 3 N–H and O–H groups in total. The first-order valence-electron chi connectivity index (χ1n) is 1.73. The van der Waals surface area contributed by atoms with Gasteiger partial charge in [-0.2, -0.15) is 0 Å². The minimum absolute atomic E-state index is 0. The summed E-state index contributed by atoms with van der Waals surface area (Å²) < 4.78 is 0. The van der Waals surface area contributed by atoms with Crippen molar-refractivity contribution in [3.8, 4) is 0 Å². The van der Waals surface area contributed by atoms with Crippen LogP contribution < -0.4 is 6.15 Å². The molecule has 0 aliphatic rings. The Balaban J connectivity index is 0. The van der Waals surface area contributed by atoms with E-state index < -0.39 is 0 Å². The summed E-state index contributed by atoms with van der Waals surface area (Å²) in [6, 6.07) is 0. The van der Waals surface area contributed by atoms with Crippen molar-refractivity contribution in [1.82, 2.24) is 6.15 Å². The summed E-state index contributed by atoms with van der Waals surface area (Å²) in [5, 5.41) is -0.000000000000000222. The van der Waals surface area contributed by atoms with Crippen molar-refractivity contribution in [2.45, 2.75) is 13.1 Å². The van der Waals surface area contributed by atoms with E-state index in [0.29, 0.717) is 0 Å². The van der Waals surface area contributed by atoms with Crippen molar-refractivity contribution < 1.29 is 0 Å². The Morgan fingerprint density at radius 1 is 1.40 bits per heavy atom. The van der Waals surface area contributed by atoms with Crippen LogP contribution in [0.4, 0.5) is 0 Å². The van der Waals surface area contributed by atoms with Gasteiger partial charge >= 0.3 is 45.5 Å². The molecule has 28 valence electrons. The molecule has 0 aliphatic carbocycles. The summed E-state index contributed by atoms with van der Waals surface area (Å²) >= 11 is 1.49. The number of rotatable bonds is 0. The molecule has 0 rings (SSSR count). The number of hydrogen-bond acceptors (Lipinski definition) is 1. The molecule has 3 heteroatoms. The minimum atomic E-state index is -0.000000000000000222. The first-order chi connectivity index (χ1) is 1.73. The third kappa shape index (κ3) is 37.7. The SMILES string of the molecule is C[SiH](C)[Na].N. The van der Waals surface area contributed by atoms with Gasteiger partial charge in [-0.3, -0.25) is 0 Å². The first kappa shape index (κ1) is 9.49. The van der Waals surface area contributed by atoms with Crippen LogP contribution in [0.5, 0.6) is 0 Å². The molecule has 0 aromatic rings.